The van der Waals surface area contributed by atoms with Gasteiger partial charge in [-0.1, -0.05) is 0 Å². The third kappa shape index (κ3) is 2.65. The molecule has 1 aromatic rings. The maximum absolute atomic E-state index is 11.1. The largest absolute Gasteiger partial charge is 0.481 e. The summed E-state index contributed by atoms with van der Waals surface area (Å²) in [5.41, 5.74) is 0.534. The maximum Gasteiger partial charge on any atom is 0.308 e. The summed E-state index contributed by atoms with van der Waals surface area (Å²) in [5, 5.41) is 20.2. The van der Waals surface area contributed by atoms with E-state index in [0.29, 0.717) is 18.7 Å². The zero-order valence-electron chi connectivity index (χ0n) is 10.2. The zero-order chi connectivity index (χ0) is 14.2. The Morgan fingerprint density at radius 1 is 1.58 bits per heavy atom. The van der Waals surface area contributed by atoms with Gasteiger partial charge in [0.2, 0.25) is 0 Å². The highest BCUT2D eigenvalue weighted by Crippen LogP contribution is 2.36. The number of anilines is 1. The van der Waals surface area contributed by atoms with Crippen molar-refractivity contribution in [2.45, 2.75) is 19.4 Å². The zero-order valence-corrected chi connectivity index (χ0v) is 12.4. The van der Waals surface area contributed by atoms with Crippen molar-refractivity contribution in [3.8, 4) is 0 Å². The minimum Gasteiger partial charge on any atom is -0.481 e. The summed E-state index contributed by atoms with van der Waals surface area (Å²) >= 11 is 2.02. The molecular weight excluding hydrogens is 363 g/mol. The second-order valence-electron chi connectivity index (χ2n) is 4.56. The maximum atomic E-state index is 11.1. The first kappa shape index (κ1) is 14.0. The molecule has 0 bridgehead atoms. The molecule has 1 aliphatic rings. The van der Waals surface area contributed by atoms with Crippen molar-refractivity contribution >= 4 is 39.9 Å². The van der Waals surface area contributed by atoms with Crippen molar-refractivity contribution in [3.63, 3.8) is 0 Å². The summed E-state index contributed by atoms with van der Waals surface area (Å²) in [6.45, 7) is 2.33. The summed E-state index contributed by atoms with van der Waals surface area (Å²) < 4.78 is 0.787. The minimum absolute atomic E-state index is 0.0322. The average Bonchev–Trinajstić information content (AvgIpc) is 2.71. The Labute approximate surface area is 123 Å². The third-order valence-electron chi connectivity index (χ3n) is 3.52. The van der Waals surface area contributed by atoms with E-state index in [4.69, 9.17) is 5.11 Å². The van der Waals surface area contributed by atoms with Gasteiger partial charge in [0.15, 0.2) is 0 Å². The van der Waals surface area contributed by atoms with Crippen LogP contribution in [-0.2, 0) is 4.79 Å². The lowest BCUT2D eigenvalue weighted by Gasteiger charge is -2.25. The molecule has 0 saturated carbocycles. The molecule has 102 valence electrons. The van der Waals surface area contributed by atoms with Gasteiger partial charge < -0.3 is 10.0 Å². The van der Waals surface area contributed by atoms with Crippen molar-refractivity contribution in [2.24, 2.45) is 5.92 Å². The molecular formula is C12H13IN2O4. The van der Waals surface area contributed by atoms with E-state index >= 15 is 0 Å². The van der Waals surface area contributed by atoms with Crippen LogP contribution in [0.1, 0.15) is 13.3 Å². The van der Waals surface area contributed by atoms with Crippen LogP contribution in [0.2, 0.25) is 0 Å². The van der Waals surface area contributed by atoms with E-state index in [1.807, 2.05) is 27.5 Å². The fraction of sp³-hybridized carbons (Fsp3) is 0.417. The molecule has 2 rings (SSSR count). The van der Waals surface area contributed by atoms with Crippen LogP contribution in [0.15, 0.2) is 18.2 Å². The van der Waals surface area contributed by atoms with Gasteiger partial charge in [0, 0.05) is 22.2 Å². The SMILES string of the molecule is CC1C(C(=O)O)CCN1c1ccc(I)cc1[N+](=O)[O-]. The molecule has 1 fully saturated rings. The molecule has 0 spiro atoms. The second-order valence-corrected chi connectivity index (χ2v) is 5.80. The van der Waals surface area contributed by atoms with Crippen LogP contribution in [0.5, 0.6) is 0 Å². The lowest BCUT2D eigenvalue weighted by Crippen LogP contribution is -2.33. The monoisotopic (exact) mass is 376 g/mol. The Bertz CT molecular complexity index is 534. The molecule has 1 heterocycles. The number of halogens is 1. The van der Waals surface area contributed by atoms with E-state index in [-0.39, 0.29) is 11.7 Å². The number of nitrogens with zero attached hydrogens (tertiary/aromatic N) is 2. The van der Waals surface area contributed by atoms with Crippen molar-refractivity contribution < 1.29 is 14.8 Å². The summed E-state index contributed by atoms with van der Waals surface area (Å²) in [7, 11) is 0. The van der Waals surface area contributed by atoms with Gasteiger partial charge in [-0.15, -0.1) is 0 Å². The Morgan fingerprint density at radius 3 is 2.79 bits per heavy atom. The minimum atomic E-state index is -0.844. The predicted molar refractivity (Wildman–Crippen MR) is 78.4 cm³/mol. The van der Waals surface area contributed by atoms with Gasteiger partial charge in [0.25, 0.3) is 5.69 Å². The highest BCUT2D eigenvalue weighted by Gasteiger charge is 2.37. The molecule has 0 aromatic heterocycles. The summed E-state index contributed by atoms with van der Waals surface area (Å²) in [6.07, 6.45) is 0.514. The lowest BCUT2D eigenvalue weighted by molar-refractivity contribution is -0.384. The van der Waals surface area contributed by atoms with E-state index < -0.39 is 16.8 Å². The fourth-order valence-electron chi connectivity index (χ4n) is 2.50. The van der Waals surface area contributed by atoms with Gasteiger partial charge in [-0.25, -0.2) is 0 Å². The van der Waals surface area contributed by atoms with Crippen molar-refractivity contribution in [2.75, 3.05) is 11.4 Å². The van der Waals surface area contributed by atoms with Crippen LogP contribution in [0.3, 0.4) is 0 Å². The van der Waals surface area contributed by atoms with Crippen LogP contribution in [0, 0.1) is 19.6 Å². The molecule has 19 heavy (non-hydrogen) atoms. The van der Waals surface area contributed by atoms with Gasteiger partial charge in [0.05, 0.1) is 10.8 Å². The Kier molecular flexibility index (Phi) is 3.93. The number of nitro groups is 1. The van der Waals surface area contributed by atoms with Crippen molar-refractivity contribution in [1.82, 2.24) is 0 Å². The number of hydrogen-bond acceptors (Lipinski definition) is 4. The van der Waals surface area contributed by atoms with E-state index in [0.717, 1.165) is 3.57 Å². The number of carbonyl (C=O) groups is 1. The lowest BCUT2D eigenvalue weighted by atomic mass is 10.0. The molecule has 0 aliphatic carbocycles. The van der Waals surface area contributed by atoms with Gasteiger partial charge in [-0.3, -0.25) is 14.9 Å². The molecule has 6 nitrogen and oxygen atoms in total. The second kappa shape index (κ2) is 5.32. The molecule has 2 unspecified atom stereocenters. The molecule has 1 aromatic carbocycles. The number of rotatable bonds is 3. The molecule has 0 radical (unpaired) electrons. The van der Waals surface area contributed by atoms with Crippen LogP contribution in [0.25, 0.3) is 0 Å². The predicted octanol–water partition coefficient (Wildman–Crippen LogP) is 2.50. The van der Waals surface area contributed by atoms with Crippen LogP contribution in [0.4, 0.5) is 11.4 Å². The standard InChI is InChI=1S/C12H13IN2O4/c1-7-9(12(16)17)4-5-14(7)10-3-2-8(13)6-11(10)15(18)19/h2-3,6-7,9H,4-5H2,1H3,(H,16,17). The Hall–Kier alpha value is -1.38. The molecule has 1 saturated heterocycles. The third-order valence-corrected chi connectivity index (χ3v) is 4.19. The summed E-state index contributed by atoms with van der Waals surface area (Å²) in [4.78, 5) is 23.6. The Balaban J connectivity index is 2.38. The number of nitro benzene ring substituents is 1. The van der Waals surface area contributed by atoms with Gasteiger partial charge >= 0.3 is 5.97 Å². The smallest absolute Gasteiger partial charge is 0.308 e. The first-order valence-corrected chi connectivity index (χ1v) is 6.93. The van der Waals surface area contributed by atoms with E-state index in [1.54, 1.807) is 19.1 Å². The van der Waals surface area contributed by atoms with E-state index in [1.165, 1.54) is 6.07 Å². The van der Waals surface area contributed by atoms with Gasteiger partial charge in [0.1, 0.15) is 5.69 Å². The quantitative estimate of drug-likeness (QED) is 0.498. The summed E-state index contributed by atoms with van der Waals surface area (Å²) in [5.74, 6) is -1.32. The highest BCUT2D eigenvalue weighted by atomic mass is 127. The molecule has 0 amide bonds. The highest BCUT2D eigenvalue weighted by molar-refractivity contribution is 14.1. The number of benzene rings is 1. The van der Waals surface area contributed by atoms with Crippen LogP contribution >= 0.6 is 22.6 Å². The molecule has 1 N–H and O–H groups in total. The normalized spacial score (nSPS) is 22.5. The first-order valence-electron chi connectivity index (χ1n) is 5.85. The molecule has 2 atom stereocenters. The average molecular weight is 376 g/mol. The van der Waals surface area contributed by atoms with Crippen LogP contribution in [-0.4, -0.2) is 28.6 Å². The first-order chi connectivity index (χ1) is 8.91. The van der Waals surface area contributed by atoms with Gasteiger partial charge in [-0.05, 0) is 48.1 Å². The van der Waals surface area contributed by atoms with E-state index in [9.17, 15) is 14.9 Å². The van der Waals surface area contributed by atoms with Crippen LogP contribution < -0.4 is 4.90 Å². The van der Waals surface area contributed by atoms with E-state index in [2.05, 4.69) is 0 Å². The van der Waals surface area contributed by atoms with Crippen molar-refractivity contribution in [1.29, 1.82) is 0 Å². The van der Waals surface area contributed by atoms with Crippen molar-refractivity contribution in [3.05, 3.63) is 31.9 Å². The number of hydrogen-bond donors (Lipinski definition) is 1. The number of aliphatic carboxylic acids is 1. The molecule has 1 aliphatic heterocycles. The number of carboxylic acids is 1. The topological polar surface area (TPSA) is 83.7 Å². The fourth-order valence-corrected chi connectivity index (χ4v) is 2.97. The number of carboxylic acid groups (broad SMARTS) is 1. The van der Waals surface area contributed by atoms with Gasteiger partial charge in [-0.2, -0.15) is 0 Å². The molecule has 7 heteroatoms. The summed E-state index contributed by atoms with van der Waals surface area (Å²) in [6, 6.07) is 4.76. The Morgan fingerprint density at radius 2 is 2.26 bits per heavy atom.